The van der Waals surface area contributed by atoms with E-state index in [9.17, 15) is 9.59 Å². The molecule has 0 unspecified atom stereocenters. The number of nitrogens with zero attached hydrogens (tertiary/aromatic N) is 2. The fourth-order valence-electron chi connectivity index (χ4n) is 3.81. The van der Waals surface area contributed by atoms with E-state index in [0.717, 1.165) is 50.9 Å². The molecule has 22 heavy (non-hydrogen) atoms. The molecule has 0 radical (unpaired) electrons. The molecule has 0 saturated carbocycles. The lowest BCUT2D eigenvalue weighted by atomic mass is 9.92. The molecular formula is C16H27N3O3. The van der Waals surface area contributed by atoms with E-state index in [2.05, 4.69) is 5.32 Å². The highest BCUT2D eigenvalue weighted by Gasteiger charge is 2.31. The number of hydrogen-bond acceptors (Lipinski definition) is 4. The lowest BCUT2D eigenvalue weighted by molar-refractivity contribution is -0.139. The van der Waals surface area contributed by atoms with Crippen LogP contribution in [0, 0.1) is 11.8 Å². The van der Waals surface area contributed by atoms with Gasteiger partial charge in [0, 0.05) is 39.0 Å². The van der Waals surface area contributed by atoms with Gasteiger partial charge < -0.3 is 19.9 Å². The Labute approximate surface area is 132 Å². The van der Waals surface area contributed by atoms with E-state index in [4.69, 9.17) is 4.74 Å². The molecule has 3 rings (SSSR count). The first-order chi connectivity index (χ1) is 10.7. The molecule has 2 atom stereocenters. The third-order valence-corrected chi connectivity index (χ3v) is 5.29. The van der Waals surface area contributed by atoms with Gasteiger partial charge in [0.05, 0.1) is 13.2 Å². The normalized spacial score (nSPS) is 29.1. The fraction of sp³-hybridized carbons (Fsp3) is 0.875. The zero-order valence-corrected chi connectivity index (χ0v) is 13.3. The van der Waals surface area contributed by atoms with Crippen LogP contribution in [0.1, 0.15) is 25.7 Å². The predicted octanol–water partition coefficient (Wildman–Crippen LogP) is 0.0834. The third-order valence-electron chi connectivity index (χ3n) is 5.29. The number of carbonyl (C=O) groups excluding carboxylic acids is 2. The van der Waals surface area contributed by atoms with Crippen LogP contribution in [0.25, 0.3) is 0 Å². The average molecular weight is 309 g/mol. The summed E-state index contributed by atoms with van der Waals surface area (Å²) >= 11 is 0. The Balaban J connectivity index is 1.42. The Hall–Kier alpha value is -1.14. The van der Waals surface area contributed by atoms with Crippen molar-refractivity contribution < 1.29 is 14.3 Å². The molecule has 124 valence electrons. The molecule has 0 aromatic heterocycles. The molecule has 3 heterocycles. The molecule has 2 amide bonds. The SMILES string of the molecule is O=C(CCC(=O)N1CC[C@@H]2CNC[C@@H]2CC1)N1CCOCC1. The number of morpholine rings is 1. The Bertz CT molecular complexity index is 395. The predicted molar refractivity (Wildman–Crippen MR) is 82.3 cm³/mol. The highest BCUT2D eigenvalue weighted by Crippen LogP contribution is 2.27. The Kier molecular flexibility index (Phi) is 5.31. The second-order valence-electron chi connectivity index (χ2n) is 6.63. The molecule has 3 saturated heterocycles. The van der Waals surface area contributed by atoms with Gasteiger partial charge in [-0.25, -0.2) is 0 Å². The number of nitrogens with one attached hydrogen (secondary N) is 1. The highest BCUT2D eigenvalue weighted by molar-refractivity contribution is 5.83. The first-order valence-electron chi connectivity index (χ1n) is 8.58. The van der Waals surface area contributed by atoms with Gasteiger partial charge in [-0.2, -0.15) is 0 Å². The van der Waals surface area contributed by atoms with Crippen molar-refractivity contribution in [1.29, 1.82) is 0 Å². The van der Waals surface area contributed by atoms with Crippen molar-refractivity contribution in [3.05, 3.63) is 0 Å². The quantitative estimate of drug-likeness (QED) is 0.802. The minimum absolute atomic E-state index is 0.0903. The summed E-state index contributed by atoms with van der Waals surface area (Å²) in [6, 6.07) is 0. The minimum Gasteiger partial charge on any atom is -0.378 e. The number of rotatable bonds is 3. The maximum absolute atomic E-state index is 12.4. The van der Waals surface area contributed by atoms with E-state index in [1.807, 2.05) is 9.80 Å². The Morgan fingerprint density at radius 3 is 1.91 bits per heavy atom. The first-order valence-corrected chi connectivity index (χ1v) is 8.58. The smallest absolute Gasteiger partial charge is 0.223 e. The van der Waals surface area contributed by atoms with E-state index < -0.39 is 0 Å². The van der Waals surface area contributed by atoms with Crippen LogP contribution in [0.4, 0.5) is 0 Å². The zero-order chi connectivity index (χ0) is 15.4. The molecule has 0 aromatic rings. The number of carbonyl (C=O) groups is 2. The Morgan fingerprint density at radius 1 is 0.864 bits per heavy atom. The van der Waals surface area contributed by atoms with E-state index in [1.54, 1.807) is 0 Å². The number of fused-ring (bicyclic) bond motifs is 1. The lowest BCUT2D eigenvalue weighted by Crippen LogP contribution is -2.41. The van der Waals surface area contributed by atoms with E-state index >= 15 is 0 Å². The monoisotopic (exact) mass is 309 g/mol. The lowest BCUT2D eigenvalue weighted by Gasteiger charge is -2.27. The van der Waals surface area contributed by atoms with Gasteiger partial charge >= 0.3 is 0 Å². The number of ether oxygens (including phenoxy) is 1. The second kappa shape index (κ2) is 7.42. The van der Waals surface area contributed by atoms with Crippen LogP contribution in [-0.4, -0.2) is 74.1 Å². The highest BCUT2D eigenvalue weighted by atomic mass is 16.5. The minimum atomic E-state index is 0.0903. The van der Waals surface area contributed by atoms with Crippen LogP contribution < -0.4 is 5.32 Å². The summed E-state index contributed by atoms with van der Waals surface area (Å²) in [5.41, 5.74) is 0. The van der Waals surface area contributed by atoms with Crippen molar-refractivity contribution in [2.24, 2.45) is 11.8 Å². The van der Waals surface area contributed by atoms with Crippen molar-refractivity contribution in [1.82, 2.24) is 15.1 Å². The van der Waals surface area contributed by atoms with Crippen LogP contribution >= 0.6 is 0 Å². The van der Waals surface area contributed by atoms with Crippen molar-refractivity contribution in [2.75, 3.05) is 52.5 Å². The largest absolute Gasteiger partial charge is 0.378 e. The molecule has 6 heteroatoms. The van der Waals surface area contributed by atoms with Crippen LogP contribution in [-0.2, 0) is 14.3 Å². The van der Waals surface area contributed by atoms with Gasteiger partial charge in [0.15, 0.2) is 0 Å². The molecule has 3 aliphatic rings. The molecular weight excluding hydrogens is 282 g/mol. The van der Waals surface area contributed by atoms with Gasteiger partial charge in [0.25, 0.3) is 0 Å². The van der Waals surface area contributed by atoms with Gasteiger partial charge in [-0.3, -0.25) is 9.59 Å². The summed E-state index contributed by atoms with van der Waals surface area (Å²) in [4.78, 5) is 28.3. The van der Waals surface area contributed by atoms with Crippen LogP contribution in [0.2, 0.25) is 0 Å². The second-order valence-corrected chi connectivity index (χ2v) is 6.63. The van der Waals surface area contributed by atoms with E-state index in [1.165, 1.54) is 0 Å². The topological polar surface area (TPSA) is 61.9 Å². The molecule has 1 N–H and O–H groups in total. The zero-order valence-electron chi connectivity index (χ0n) is 13.3. The van der Waals surface area contributed by atoms with Gasteiger partial charge in [0.1, 0.15) is 0 Å². The third kappa shape index (κ3) is 3.79. The summed E-state index contributed by atoms with van der Waals surface area (Å²) < 4.78 is 5.25. The van der Waals surface area contributed by atoms with Crippen molar-refractivity contribution in [2.45, 2.75) is 25.7 Å². The van der Waals surface area contributed by atoms with E-state index in [-0.39, 0.29) is 11.8 Å². The van der Waals surface area contributed by atoms with Crippen molar-refractivity contribution in [3.63, 3.8) is 0 Å². The first kappa shape index (κ1) is 15.7. The number of hydrogen-bond donors (Lipinski definition) is 1. The average Bonchev–Trinajstić information content (AvgIpc) is 2.91. The molecule has 6 nitrogen and oxygen atoms in total. The summed E-state index contributed by atoms with van der Waals surface area (Å²) in [7, 11) is 0. The summed E-state index contributed by atoms with van der Waals surface area (Å²) in [5.74, 6) is 1.70. The maximum atomic E-state index is 12.4. The van der Waals surface area contributed by atoms with E-state index in [0.29, 0.717) is 39.1 Å². The Morgan fingerprint density at radius 2 is 1.36 bits per heavy atom. The van der Waals surface area contributed by atoms with Gasteiger partial charge in [-0.1, -0.05) is 0 Å². The van der Waals surface area contributed by atoms with Crippen LogP contribution in [0.5, 0.6) is 0 Å². The summed E-state index contributed by atoms with van der Waals surface area (Å²) in [6.07, 6.45) is 2.88. The van der Waals surface area contributed by atoms with Gasteiger partial charge in [0.2, 0.25) is 11.8 Å². The number of amides is 2. The van der Waals surface area contributed by atoms with Crippen LogP contribution in [0.15, 0.2) is 0 Å². The molecule has 0 spiro atoms. The molecule has 3 fully saturated rings. The summed E-state index contributed by atoms with van der Waals surface area (Å²) in [6.45, 7) is 6.46. The number of likely N-dealkylation sites (tertiary alicyclic amines) is 1. The van der Waals surface area contributed by atoms with Crippen molar-refractivity contribution in [3.8, 4) is 0 Å². The van der Waals surface area contributed by atoms with Gasteiger partial charge in [-0.05, 0) is 37.8 Å². The summed E-state index contributed by atoms with van der Waals surface area (Å²) in [5, 5.41) is 3.45. The standard InChI is InChI=1S/C16H27N3O3/c20-15(1-2-16(21)19-7-9-22-10-8-19)18-5-3-13-11-17-12-14(13)4-6-18/h13-14,17H,1-12H2/t13-,14+. The van der Waals surface area contributed by atoms with Gasteiger partial charge in [-0.15, -0.1) is 0 Å². The molecule has 3 aliphatic heterocycles. The molecule has 0 aromatic carbocycles. The molecule has 0 aliphatic carbocycles. The van der Waals surface area contributed by atoms with Crippen molar-refractivity contribution >= 4 is 11.8 Å². The fourth-order valence-corrected chi connectivity index (χ4v) is 3.81. The van der Waals surface area contributed by atoms with Crippen LogP contribution in [0.3, 0.4) is 0 Å². The maximum Gasteiger partial charge on any atom is 0.223 e. The molecule has 0 bridgehead atoms.